The van der Waals surface area contributed by atoms with Gasteiger partial charge < -0.3 is 4.57 Å². The highest BCUT2D eigenvalue weighted by Gasteiger charge is 2.20. The number of hydrogen-bond donors (Lipinski definition) is 0. The normalized spacial score (nSPS) is 11.3. The lowest BCUT2D eigenvalue weighted by atomic mass is 9.92. The molecule has 0 atom stereocenters. The molecule has 0 aliphatic rings. The molecule has 0 aliphatic carbocycles. The Balaban J connectivity index is 2.24. The third kappa shape index (κ3) is 3.03. The first-order chi connectivity index (χ1) is 9.02. The molecular formula is C16H19N3. The average Bonchev–Trinajstić information content (AvgIpc) is 2.80. The molecule has 0 N–H and O–H groups in total. The maximum atomic E-state index is 9.21. The summed E-state index contributed by atoms with van der Waals surface area (Å²) >= 11 is 0. The highest BCUT2D eigenvalue weighted by molar-refractivity contribution is 5.30. The second kappa shape index (κ2) is 5.27. The lowest BCUT2D eigenvalue weighted by molar-refractivity contribution is 0.513. The highest BCUT2D eigenvalue weighted by Crippen LogP contribution is 2.24. The molecular weight excluding hydrogens is 234 g/mol. The number of pyridine rings is 1. The summed E-state index contributed by atoms with van der Waals surface area (Å²) in [6.07, 6.45) is 2.65. The molecule has 2 aromatic heterocycles. The zero-order chi connectivity index (χ0) is 13.9. The van der Waals surface area contributed by atoms with E-state index in [1.165, 1.54) is 5.69 Å². The third-order valence-electron chi connectivity index (χ3n) is 3.18. The van der Waals surface area contributed by atoms with Crippen LogP contribution in [0.2, 0.25) is 0 Å². The van der Waals surface area contributed by atoms with Gasteiger partial charge in [-0.25, -0.2) is 0 Å². The Kier molecular flexibility index (Phi) is 3.71. The van der Waals surface area contributed by atoms with Crippen molar-refractivity contribution in [2.45, 2.75) is 39.2 Å². The van der Waals surface area contributed by atoms with Crippen LogP contribution in [0.15, 0.2) is 36.5 Å². The van der Waals surface area contributed by atoms with E-state index in [9.17, 15) is 5.26 Å². The molecule has 2 heterocycles. The van der Waals surface area contributed by atoms with Crippen molar-refractivity contribution in [3.8, 4) is 6.07 Å². The van der Waals surface area contributed by atoms with Crippen LogP contribution in [0.25, 0.3) is 0 Å². The van der Waals surface area contributed by atoms with E-state index in [2.05, 4.69) is 42.5 Å². The van der Waals surface area contributed by atoms with Crippen LogP contribution in [-0.2, 0) is 18.4 Å². The lowest BCUT2D eigenvalue weighted by Gasteiger charge is -2.22. The zero-order valence-corrected chi connectivity index (χ0v) is 11.7. The molecule has 3 nitrogen and oxygen atoms in total. The molecule has 0 spiro atoms. The molecule has 2 aromatic rings. The summed E-state index contributed by atoms with van der Waals surface area (Å²) in [5.41, 5.74) is 3.01. The first-order valence-electron chi connectivity index (χ1n) is 6.52. The minimum Gasteiger partial charge on any atom is -0.336 e. The first kappa shape index (κ1) is 13.4. The number of aryl methyl sites for hydroxylation is 1. The van der Waals surface area contributed by atoms with E-state index in [-0.39, 0.29) is 5.41 Å². The topological polar surface area (TPSA) is 41.6 Å². The minimum absolute atomic E-state index is 0.0409. The summed E-state index contributed by atoms with van der Waals surface area (Å²) < 4.78 is 2.11. The van der Waals surface area contributed by atoms with Crippen molar-refractivity contribution >= 4 is 0 Å². The standard InChI is InChI=1S/C16H19N3/c1-16(2,3)15-8-7-14(12-17)19(15)11-9-13-6-4-5-10-18-13/h4-8,10H,9,11H2,1-3H3. The molecule has 19 heavy (non-hydrogen) atoms. The van der Waals surface area contributed by atoms with Crippen LogP contribution in [-0.4, -0.2) is 9.55 Å². The monoisotopic (exact) mass is 253 g/mol. The molecule has 0 unspecified atom stereocenters. The van der Waals surface area contributed by atoms with Gasteiger partial charge in [-0.1, -0.05) is 26.8 Å². The van der Waals surface area contributed by atoms with Gasteiger partial charge in [0.2, 0.25) is 0 Å². The Morgan fingerprint density at radius 3 is 2.58 bits per heavy atom. The molecule has 0 aromatic carbocycles. The molecule has 0 saturated heterocycles. The van der Waals surface area contributed by atoms with E-state index < -0.39 is 0 Å². The smallest absolute Gasteiger partial charge is 0.120 e. The van der Waals surface area contributed by atoms with Gasteiger partial charge in [0.05, 0.1) is 0 Å². The number of aromatic nitrogens is 2. The van der Waals surface area contributed by atoms with Crippen molar-refractivity contribution in [2.24, 2.45) is 0 Å². The summed E-state index contributed by atoms with van der Waals surface area (Å²) in [5, 5.41) is 9.21. The van der Waals surface area contributed by atoms with Gasteiger partial charge in [0.1, 0.15) is 11.8 Å². The molecule has 0 amide bonds. The molecule has 0 aliphatic heterocycles. The summed E-state index contributed by atoms with van der Waals surface area (Å²) in [5.74, 6) is 0. The maximum absolute atomic E-state index is 9.21. The van der Waals surface area contributed by atoms with Crippen molar-refractivity contribution < 1.29 is 0 Å². The van der Waals surface area contributed by atoms with E-state index in [1.807, 2.05) is 24.3 Å². The lowest BCUT2D eigenvalue weighted by Crippen LogP contribution is -2.19. The van der Waals surface area contributed by atoms with E-state index in [0.29, 0.717) is 0 Å². The molecule has 2 rings (SSSR count). The summed E-state index contributed by atoms with van der Waals surface area (Å²) in [4.78, 5) is 4.33. The Bertz CT molecular complexity index is 583. The maximum Gasteiger partial charge on any atom is 0.120 e. The minimum atomic E-state index is 0.0409. The Morgan fingerprint density at radius 2 is 2.00 bits per heavy atom. The van der Waals surface area contributed by atoms with Crippen molar-refractivity contribution in [2.75, 3.05) is 0 Å². The summed E-state index contributed by atoms with van der Waals surface area (Å²) in [7, 11) is 0. The fraction of sp³-hybridized carbons (Fsp3) is 0.375. The highest BCUT2D eigenvalue weighted by atomic mass is 15.0. The van der Waals surface area contributed by atoms with Gasteiger partial charge in [-0.3, -0.25) is 4.98 Å². The van der Waals surface area contributed by atoms with Crippen LogP contribution in [0.3, 0.4) is 0 Å². The predicted molar refractivity (Wildman–Crippen MR) is 75.8 cm³/mol. The van der Waals surface area contributed by atoms with Crippen molar-refractivity contribution in [1.82, 2.24) is 9.55 Å². The van der Waals surface area contributed by atoms with Crippen LogP contribution in [0, 0.1) is 11.3 Å². The predicted octanol–water partition coefficient (Wildman–Crippen LogP) is 3.29. The third-order valence-corrected chi connectivity index (χ3v) is 3.18. The fourth-order valence-electron chi connectivity index (χ4n) is 2.23. The number of hydrogen-bond acceptors (Lipinski definition) is 2. The molecule has 0 fully saturated rings. The fourth-order valence-corrected chi connectivity index (χ4v) is 2.23. The van der Waals surface area contributed by atoms with Crippen molar-refractivity contribution in [3.63, 3.8) is 0 Å². The van der Waals surface area contributed by atoms with Crippen LogP contribution >= 0.6 is 0 Å². The van der Waals surface area contributed by atoms with Crippen LogP contribution in [0.5, 0.6) is 0 Å². The second-order valence-electron chi connectivity index (χ2n) is 5.69. The Hall–Kier alpha value is -2.08. The van der Waals surface area contributed by atoms with Gasteiger partial charge in [0.15, 0.2) is 0 Å². The van der Waals surface area contributed by atoms with Gasteiger partial charge in [-0.2, -0.15) is 5.26 Å². The number of nitrogens with zero attached hydrogens (tertiary/aromatic N) is 3. The molecule has 0 radical (unpaired) electrons. The quantitative estimate of drug-likeness (QED) is 0.842. The molecule has 3 heteroatoms. The van der Waals surface area contributed by atoms with Crippen molar-refractivity contribution in [3.05, 3.63) is 53.6 Å². The van der Waals surface area contributed by atoms with Gasteiger partial charge in [-0.05, 0) is 24.3 Å². The Labute approximate surface area is 114 Å². The number of nitriles is 1. The van der Waals surface area contributed by atoms with E-state index >= 15 is 0 Å². The summed E-state index contributed by atoms with van der Waals surface area (Å²) in [6, 6.07) is 12.2. The van der Waals surface area contributed by atoms with Crippen LogP contribution < -0.4 is 0 Å². The van der Waals surface area contributed by atoms with Crippen LogP contribution in [0.4, 0.5) is 0 Å². The molecule has 0 bridgehead atoms. The zero-order valence-electron chi connectivity index (χ0n) is 11.7. The largest absolute Gasteiger partial charge is 0.336 e. The number of rotatable bonds is 3. The summed E-state index contributed by atoms with van der Waals surface area (Å²) in [6.45, 7) is 7.29. The van der Waals surface area contributed by atoms with E-state index in [1.54, 1.807) is 6.20 Å². The molecule has 0 saturated carbocycles. The average molecular weight is 253 g/mol. The van der Waals surface area contributed by atoms with Gasteiger partial charge in [-0.15, -0.1) is 0 Å². The first-order valence-corrected chi connectivity index (χ1v) is 6.52. The van der Waals surface area contributed by atoms with Gasteiger partial charge in [0.25, 0.3) is 0 Å². The van der Waals surface area contributed by atoms with E-state index in [4.69, 9.17) is 0 Å². The van der Waals surface area contributed by atoms with E-state index in [0.717, 1.165) is 24.4 Å². The van der Waals surface area contributed by atoms with Crippen molar-refractivity contribution in [1.29, 1.82) is 5.26 Å². The molecule has 98 valence electrons. The van der Waals surface area contributed by atoms with Gasteiger partial charge in [0, 0.05) is 36.0 Å². The van der Waals surface area contributed by atoms with Gasteiger partial charge >= 0.3 is 0 Å². The van der Waals surface area contributed by atoms with Crippen LogP contribution in [0.1, 0.15) is 37.9 Å². The second-order valence-corrected chi connectivity index (χ2v) is 5.69. The Morgan fingerprint density at radius 1 is 1.21 bits per heavy atom. The SMILES string of the molecule is CC(C)(C)c1ccc(C#N)n1CCc1ccccn1.